The molecular formula is C19H18N2O6. The van der Waals surface area contributed by atoms with Gasteiger partial charge in [-0.25, -0.2) is 4.79 Å². The average Bonchev–Trinajstić information content (AvgIpc) is 3.12. The number of hydrogen-bond donors (Lipinski definition) is 2. The van der Waals surface area contributed by atoms with Crippen LogP contribution in [0, 0.1) is 0 Å². The molecule has 0 spiro atoms. The van der Waals surface area contributed by atoms with E-state index in [4.69, 9.17) is 14.2 Å². The molecule has 8 heteroatoms. The Morgan fingerprint density at radius 2 is 1.74 bits per heavy atom. The largest absolute Gasteiger partial charge is 0.454 e. The molecule has 0 bridgehead atoms. The van der Waals surface area contributed by atoms with E-state index in [1.165, 1.54) is 19.1 Å². The van der Waals surface area contributed by atoms with Crippen molar-refractivity contribution in [1.82, 2.24) is 0 Å². The Balaban J connectivity index is 1.68. The van der Waals surface area contributed by atoms with E-state index in [1.807, 2.05) is 0 Å². The van der Waals surface area contributed by atoms with Crippen LogP contribution in [-0.2, 0) is 9.53 Å². The van der Waals surface area contributed by atoms with Gasteiger partial charge in [-0.3, -0.25) is 9.59 Å². The Morgan fingerprint density at radius 1 is 1.04 bits per heavy atom. The minimum Gasteiger partial charge on any atom is -0.454 e. The average molecular weight is 370 g/mol. The normalized spacial score (nSPS) is 11.6. The third-order valence-corrected chi connectivity index (χ3v) is 3.92. The molecule has 0 saturated carbocycles. The zero-order valence-corrected chi connectivity index (χ0v) is 14.8. The summed E-state index contributed by atoms with van der Waals surface area (Å²) in [5.74, 6) is -0.591. The van der Waals surface area contributed by atoms with Crippen LogP contribution < -0.4 is 20.1 Å². The number of carbonyl (C=O) groups excluding carboxylic acids is 3. The third kappa shape index (κ3) is 4.00. The molecule has 8 nitrogen and oxygen atoms in total. The smallest absolute Gasteiger partial charge is 0.340 e. The Kier molecular flexibility index (Phi) is 5.25. The van der Waals surface area contributed by atoms with Crippen LogP contribution in [-0.4, -0.2) is 38.1 Å². The molecule has 140 valence electrons. The van der Waals surface area contributed by atoms with Gasteiger partial charge in [0.2, 0.25) is 6.79 Å². The summed E-state index contributed by atoms with van der Waals surface area (Å²) < 4.78 is 15.6. The predicted octanol–water partition coefficient (Wildman–Crippen LogP) is 2.46. The first-order valence-electron chi connectivity index (χ1n) is 8.18. The van der Waals surface area contributed by atoms with Crippen molar-refractivity contribution in [1.29, 1.82) is 0 Å². The lowest BCUT2D eigenvalue weighted by Gasteiger charge is -2.12. The van der Waals surface area contributed by atoms with Crippen molar-refractivity contribution in [2.45, 2.75) is 6.92 Å². The number of fused-ring (bicyclic) bond motifs is 1. The third-order valence-electron chi connectivity index (χ3n) is 3.92. The number of amides is 1. The van der Waals surface area contributed by atoms with Gasteiger partial charge in [0, 0.05) is 24.4 Å². The molecule has 0 aromatic heterocycles. The standard InChI is InChI=1S/C19H18N2O6/c1-11(22)13-7-16-17(27-10-26-16)8-15(13)21-18(23)9-25-19(24)12-5-3-4-6-14(12)20-2/h3-8,20H,9-10H2,1-2H3,(H,21,23). The molecule has 0 radical (unpaired) electrons. The van der Waals surface area contributed by atoms with E-state index in [0.29, 0.717) is 22.7 Å². The SMILES string of the molecule is CNc1ccccc1C(=O)OCC(=O)Nc1cc2c(cc1C(C)=O)OCO2. The number of rotatable bonds is 6. The van der Waals surface area contributed by atoms with E-state index in [-0.39, 0.29) is 23.8 Å². The Bertz CT molecular complexity index is 909. The van der Waals surface area contributed by atoms with Gasteiger partial charge in [0.15, 0.2) is 23.9 Å². The first-order chi connectivity index (χ1) is 13.0. The second-order valence-electron chi connectivity index (χ2n) is 5.73. The molecular weight excluding hydrogens is 352 g/mol. The highest BCUT2D eigenvalue weighted by molar-refractivity contribution is 6.05. The van der Waals surface area contributed by atoms with Crippen molar-refractivity contribution in [2.24, 2.45) is 0 Å². The van der Waals surface area contributed by atoms with Gasteiger partial charge < -0.3 is 24.8 Å². The number of ketones is 1. The van der Waals surface area contributed by atoms with Crippen molar-refractivity contribution >= 4 is 29.0 Å². The summed E-state index contributed by atoms with van der Waals surface area (Å²) in [6.07, 6.45) is 0. The molecule has 0 saturated heterocycles. The second-order valence-corrected chi connectivity index (χ2v) is 5.73. The maximum absolute atomic E-state index is 12.2. The second kappa shape index (κ2) is 7.77. The molecule has 2 N–H and O–H groups in total. The summed E-state index contributed by atoms with van der Waals surface area (Å²) in [5.41, 5.74) is 1.46. The number of benzene rings is 2. The van der Waals surface area contributed by atoms with Gasteiger partial charge >= 0.3 is 5.97 Å². The number of esters is 1. The van der Waals surface area contributed by atoms with Crippen molar-refractivity contribution in [3.8, 4) is 11.5 Å². The molecule has 1 aliphatic rings. The Morgan fingerprint density at radius 3 is 2.44 bits per heavy atom. The van der Waals surface area contributed by atoms with Crippen LogP contribution in [0.1, 0.15) is 27.6 Å². The molecule has 1 heterocycles. The highest BCUT2D eigenvalue weighted by Crippen LogP contribution is 2.37. The topological polar surface area (TPSA) is 103 Å². The van der Waals surface area contributed by atoms with E-state index >= 15 is 0 Å². The molecule has 0 aliphatic carbocycles. The van der Waals surface area contributed by atoms with Crippen LogP contribution in [0.4, 0.5) is 11.4 Å². The van der Waals surface area contributed by atoms with Crippen LogP contribution in [0.3, 0.4) is 0 Å². The van der Waals surface area contributed by atoms with Gasteiger partial charge in [0.25, 0.3) is 5.91 Å². The molecule has 2 aromatic carbocycles. The number of Topliss-reactive ketones (excluding diaryl/α,β-unsaturated/α-hetero) is 1. The Labute approximate surface area is 155 Å². The van der Waals surface area contributed by atoms with Gasteiger partial charge in [-0.05, 0) is 25.1 Å². The predicted molar refractivity (Wildman–Crippen MR) is 97.5 cm³/mol. The van der Waals surface area contributed by atoms with Crippen LogP contribution >= 0.6 is 0 Å². The number of hydrogen-bond acceptors (Lipinski definition) is 7. The number of carbonyl (C=O) groups is 3. The highest BCUT2D eigenvalue weighted by Gasteiger charge is 2.21. The maximum Gasteiger partial charge on any atom is 0.340 e. The molecule has 0 atom stereocenters. The molecule has 1 amide bonds. The van der Waals surface area contributed by atoms with Gasteiger partial charge in [0.05, 0.1) is 11.3 Å². The van der Waals surface area contributed by atoms with Crippen LogP contribution in [0.2, 0.25) is 0 Å². The number of ether oxygens (including phenoxy) is 3. The van der Waals surface area contributed by atoms with Crippen LogP contribution in [0.15, 0.2) is 36.4 Å². The fraction of sp³-hybridized carbons (Fsp3) is 0.211. The lowest BCUT2D eigenvalue weighted by atomic mass is 10.1. The first kappa shape index (κ1) is 18.2. The lowest BCUT2D eigenvalue weighted by molar-refractivity contribution is -0.119. The summed E-state index contributed by atoms with van der Waals surface area (Å²) >= 11 is 0. The minimum atomic E-state index is -0.632. The summed E-state index contributed by atoms with van der Waals surface area (Å²) in [4.78, 5) is 36.2. The van der Waals surface area contributed by atoms with E-state index in [1.54, 1.807) is 31.3 Å². The quantitative estimate of drug-likeness (QED) is 0.595. The minimum absolute atomic E-state index is 0.0482. The number of anilines is 2. The van der Waals surface area contributed by atoms with E-state index in [2.05, 4.69) is 10.6 Å². The van der Waals surface area contributed by atoms with Gasteiger partial charge in [-0.15, -0.1) is 0 Å². The van der Waals surface area contributed by atoms with Gasteiger partial charge in [-0.1, -0.05) is 12.1 Å². The van der Waals surface area contributed by atoms with Crippen LogP contribution in [0.25, 0.3) is 0 Å². The van der Waals surface area contributed by atoms with Crippen LogP contribution in [0.5, 0.6) is 11.5 Å². The van der Waals surface area contributed by atoms with Crippen molar-refractivity contribution in [2.75, 3.05) is 31.1 Å². The fourth-order valence-electron chi connectivity index (χ4n) is 2.61. The summed E-state index contributed by atoms with van der Waals surface area (Å²) in [6, 6.07) is 9.81. The number of nitrogens with one attached hydrogen (secondary N) is 2. The number of para-hydroxylation sites is 1. The molecule has 3 rings (SSSR count). The first-order valence-corrected chi connectivity index (χ1v) is 8.18. The van der Waals surface area contributed by atoms with Gasteiger partial charge in [-0.2, -0.15) is 0 Å². The van der Waals surface area contributed by atoms with Crippen molar-refractivity contribution in [3.63, 3.8) is 0 Å². The van der Waals surface area contributed by atoms with E-state index < -0.39 is 18.5 Å². The zero-order chi connectivity index (χ0) is 19.4. The summed E-state index contributed by atoms with van der Waals surface area (Å²) in [5, 5.41) is 5.45. The fourth-order valence-corrected chi connectivity index (χ4v) is 2.61. The van der Waals surface area contributed by atoms with Crippen molar-refractivity contribution < 1.29 is 28.6 Å². The summed E-state index contributed by atoms with van der Waals surface area (Å²) in [7, 11) is 1.68. The highest BCUT2D eigenvalue weighted by atomic mass is 16.7. The molecule has 0 unspecified atom stereocenters. The zero-order valence-electron chi connectivity index (χ0n) is 14.8. The maximum atomic E-state index is 12.2. The monoisotopic (exact) mass is 370 g/mol. The molecule has 2 aromatic rings. The van der Waals surface area contributed by atoms with Crippen molar-refractivity contribution in [3.05, 3.63) is 47.5 Å². The molecule has 1 aliphatic heterocycles. The van der Waals surface area contributed by atoms with Gasteiger partial charge in [0.1, 0.15) is 0 Å². The molecule has 0 fully saturated rings. The molecule has 27 heavy (non-hydrogen) atoms. The lowest BCUT2D eigenvalue weighted by Crippen LogP contribution is -2.22. The Hall–Kier alpha value is -3.55. The van der Waals surface area contributed by atoms with E-state index in [9.17, 15) is 14.4 Å². The summed E-state index contributed by atoms with van der Waals surface area (Å²) in [6.45, 7) is 0.928. The van der Waals surface area contributed by atoms with E-state index in [0.717, 1.165) is 0 Å².